The fourth-order valence-corrected chi connectivity index (χ4v) is 4.12. The first kappa shape index (κ1) is 16.4. The average molecular weight is 368 g/mol. The highest BCUT2D eigenvalue weighted by atomic mass is 16.2. The molecule has 2 aliphatic rings. The SMILES string of the molecule is O=CC(N1C(=O)C(=O)c2ccccc21)N1c2ccccc2Cc2ccccc21. The van der Waals surface area contributed by atoms with Crippen LogP contribution in [0.25, 0.3) is 0 Å². The molecule has 136 valence electrons. The molecule has 28 heavy (non-hydrogen) atoms. The molecule has 5 nitrogen and oxygen atoms in total. The lowest BCUT2D eigenvalue weighted by Gasteiger charge is -2.40. The van der Waals surface area contributed by atoms with Crippen LogP contribution < -0.4 is 9.80 Å². The summed E-state index contributed by atoms with van der Waals surface area (Å²) in [6.45, 7) is 0. The predicted octanol–water partition coefficient (Wildman–Crippen LogP) is 3.48. The summed E-state index contributed by atoms with van der Waals surface area (Å²) in [5.41, 5.74) is 4.66. The summed E-state index contributed by atoms with van der Waals surface area (Å²) in [4.78, 5) is 40.8. The molecule has 1 amide bonds. The van der Waals surface area contributed by atoms with Gasteiger partial charge in [0.15, 0.2) is 12.5 Å². The van der Waals surface area contributed by atoms with Gasteiger partial charge in [0.2, 0.25) is 0 Å². The number of carbonyl (C=O) groups excluding carboxylic acids is 3. The molecule has 2 aliphatic heterocycles. The van der Waals surface area contributed by atoms with Gasteiger partial charge in [-0.2, -0.15) is 0 Å². The zero-order chi connectivity index (χ0) is 19.3. The third-order valence-electron chi connectivity index (χ3n) is 5.36. The summed E-state index contributed by atoms with van der Waals surface area (Å²) < 4.78 is 0. The van der Waals surface area contributed by atoms with E-state index in [1.165, 1.54) is 4.90 Å². The van der Waals surface area contributed by atoms with Crippen molar-refractivity contribution in [3.63, 3.8) is 0 Å². The standard InChI is InChI=1S/C23H16N2O3/c26-14-21(25-20-12-6-3-9-17(20)22(27)23(25)28)24-18-10-4-1-7-15(18)13-16-8-2-5-11-19(16)24/h1-12,14,21H,13H2. The Hall–Kier alpha value is -3.73. The van der Waals surface area contributed by atoms with Crippen molar-refractivity contribution in [2.24, 2.45) is 0 Å². The number of Topliss-reactive ketones (excluding diaryl/α,β-unsaturated/α-hetero) is 1. The summed E-state index contributed by atoms with van der Waals surface area (Å²) in [7, 11) is 0. The summed E-state index contributed by atoms with van der Waals surface area (Å²) in [5, 5.41) is 0. The number of fused-ring (bicyclic) bond motifs is 3. The predicted molar refractivity (Wildman–Crippen MR) is 106 cm³/mol. The van der Waals surface area contributed by atoms with Crippen molar-refractivity contribution < 1.29 is 14.4 Å². The smallest absolute Gasteiger partial charge is 0.301 e. The molecule has 3 aromatic carbocycles. The van der Waals surface area contributed by atoms with Crippen LogP contribution in [0.4, 0.5) is 17.1 Å². The molecule has 0 radical (unpaired) electrons. The third-order valence-corrected chi connectivity index (χ3v) is 5.36. The van der Waals surface area contributed by atoms with Crippen LogP contribution in [0.15, 0.2) is 72.8 Å². The molecule has 0 N–H and O–H groups in total. The number of benzene rings is 3. The number of para-hydroxylation sites is 3. The lowest BCUT2D eigenvalue weighted by Crippen LogP contribution is -2.51. The zero-order valence-corrected chi connectivity index (χ0v) is 14.9. The number of carbonyl (C=O) groups is 3. The molecule has 0 fully saturated rings. The Bertz CT molecular complexity index is 1090. The van der Waals surface area contributed by atoms with Gasteiger partial charge in [0.1, 0.15) is 0 Å². The molecule has 3 aromatic rings. The molecule has 0 bridgehead atoms. The maximum absolute atomic E-state index is 12.8. The van der Waals surface area contributed by atoms with Crippen molar-refractivity contribution in [2.45, 2.75) is 12.6 Å². The molecule has 0 saturated heterocycles. The van der Waals surface area contributed by atoms with Crippen LogP contribution in [-0.4, -0.2) is 24.1 Å². The molecule has 0 aromatic heterocycles. The molecule has 0 aliphatic carbocycles. The third kappa shape index (κ3) is 2.23. The highest BCUT2D eigenvalue weighted by molar-refractivity contribution is 6.52. The highest BCUT2D eigenvalue weighted by Crippen LogP contribution is 2.42. The molecule has 5 heteroatoms. The van der Waals surface area contributed by atoms with Crippen LogP contribution in [-0.2, 0) is 16.0 Å². The quantitative estimate of drug-likeness (QED) is 0.525. The second-order valence-corrected chi connectivity index (χ2v) is 6.88. The first-order valence-corrected chi connectivity index (χ1v) is 9.08. The molecule has 2 heterocycles. The number of aldehydes is 1. The van der Waals surface area contributed by atoms with E-state index in [0.29, 0.717) is 11.3 Å². The highest BCUT2D eigenvalue weighted by Gasteiger charge is 2.43. The number of ketones is 1. The molecule has 5 rings (SSSR count). The monoisotopic (exact) mass is 368 g/mol. The minimum absolute atomic E-state index is 0.331. The van der Waals surface area contributed by atoms with Crippen LogP contribution in [0.2, 0.25) is 0 Å². The lowest BCUT2D eigenvalue weighted by molar-refractivity contribution is -0.117. The second kappa shape index (κ2) is 6.16. The van der Waals surface area contributed by atoms with Crippen molar-refractivity contribution >= 4 is 35.0 Å². The summed E-state index contributed by atoms with van der Waals surface area (Å²) in [5.74, 6) is -1.26. The normalized spacial score (nSPS) is 15.7. The van der Waals surface area contributed by atoms with Gasteiger partial charge >= 0.3 is 5.91 Å². The number of anilines is 3. The van der Waals surface area contributed by atoms with E-state index in [-0.39, 0.29) is 0 Å². The average Bonchev–Trinajstić information content (AvgIpc) is 2.99. The number of hydrogen-bond donors (Lipinski definition) is 0. The van der Waals surface area contributed by atoms with E-state index in [1.54, 1.807) is 24.3 Å². The molecular formula is C23H16N2O3. The number of nitrogens with zero attached hydrogens (tertiary/aromatic N) is 2. The van der Waals surface area contributed by atoms with Crippen molar-refractivity contribution in [3.05, 3.63) is 89.5 Å². The van der Waals surface area contributed by atoms with Gasteiger partial charge in [-0.25, -0.2) is 0 Å². The summed E-state index contributed by atoms with van der Waals surface area (Å²) >= 11 is 0. The maximum Gasteiger partial charge on any atom is 0.301 e. The fourth-order valence-electron chi connectivity index (χ4n) is 4.12. The van der Waals surface area contributed by atoms with Crippen LogP contribution in [0.5, 0.6) is 0 Å². The Morgan fingerprint density at radius 2 is 1.25 bits per heavy atom. The number of hydrogen-bond acceptors (Lipinski definition) is 4. The van der Waals surface area contributed by atoms with E-state index in [1.807, 2.05) is 53.4 Å². The molecule has 1 atom stereocenters. The van der Waals surface area contributed by atoms with Crippen LogP contribution >= 0.6 is 0 Å². The van der Waals surface area contributed by atoms with Crippen LogP contribution in [0, 0.1) is 0 Å². The van der Waals surface area contributed by atoms with E-state index in [0.717, 1.165) is 35.2 Å². The Labute approximate surface area is 161 Å². The maximum atomic E-state index is 12.8. The Kier molecular flexibility index (Phi) is 3.62. The van der Waals surface area contributed by atoms with Crippen molar-refractivity contribution in [1.29, 1.82) is 0 Å². The summed E-state index contributed by atoms with van der Waals surface area (Å²) in [6, 6.07) is 22.5. The van der Waals surface area contributed by atoms with E-state index in [4.69, 9.17) is 0 Å². The largest absolute Gasteiger partial charge is 0.313 e. The van der Waals surface area contributed by atoms with E-state index in [2.05, 4.69) is 0 Å². The summed E-state index contributed by atoms with van der Waals surface area (Å²) in [6.07, 6.45) is 0.520. The Morgan fingerprint density at radius 1 is 0.714 bits per heavy atom. The van der Waals surface area contributed by atoms with Crippen LogP contribution in [0.1, 0.15) is 21.5 Å². The second-order valence-electron chi connectivity index (χ2n) is 6.88. The van der Waals surface area contributed by atoms with Gasteiger partial charge in [0, 0.05) is 17.8 Å². The van der Waals surface area contributed by atoms with Gasteiger partial charge in [-0.15, -0.1) is 0 Å². The van der Waals surface area contributed by atoms with Gasteiger partial charge in [-0.3, -0.25) is 19.3 Å². The molecule has 0 spiro atoms. The van der Waals surface area contributed by atoms with Gasteiger partial charge in [0.05, 0.1) is 11.3 Å². The number of rotatable bonds is 3. The van der Waals surface area contributed by atoms with Gasteiger partial charge in [0.25, 0.3) is 5.78 Å². The van der Waals surface area contributed by atoms with E-state index in [9.17, 15) is 14.4 Å². The van der Waals surface area contributed by atoms with Gasteiger partial charge in [-0.1, -0.05) is 48.5 Å². The lowest BCUT2D eigenvalue weighted by atomic mass is 9.95. The Balaban J connectivity index is 1.71. The zero-order valence-electron chi connectivity index (χ0n) is 14.9. The topological polar surface area (TPSA) is 57.7 Å². The number of amides is 1. The van der Waals surface area contributed by atoms with Crippen molar-refractivity contribution in [2.75, 3.05) is 9.80 Å². The van der Waals surface area contributed by atoms with Gasteiger partial charge < -0.3 is 4.90 Å². The first-order chi connectivity index (χ1) is 13.7. The van der Waals surface area contributed by atoms with Gasteiger partial charge in [-0.05, 0) is 35.4 Å². The Morgan fingerprint density at radius 3 is 1.86 bits per heavy atom. The minimum atomic E-state index is -0.956. The molecule has 1 unspecified atom stereocenters. The van der Waals surface area contributed by atoms with E-state index < -0.39 is 17.9 Å². The molecule has 0 saturated carbocycles. The van der Waals surface area contributed by atoms with E-state index >= 15 is 0 Å². The minimum Gasteiger partial charge on any atom is -0.313 e. The van der Waals surface area contributed by atoms with Crippen molar-refractivity contribution in [3.8, 4) is 0 Å². The first-order valence-electron chi connectivity index (χ1n) is 9.08. The van der Waals surface area contributed by atoms with Crippen LogP contribution in [0.3, 0.4) is 0 Å². The molecular weight excluding hydrogens is 352 g/mol. The van der Waals surface area contributed by atoms with Crippen molar-refractivity contribution in [1.82, 2.24) is 0 Å². The fraction of sp³-hybridized carbons (Fsp3) is 0.0870.